The van der Waals surface area contributed by atoms with Crippen LogP contribution in [-0.2, 0) is 9.45 Å². The molecule has 0 aromatic carbocycles. The van der Waals surface area contributed by atoms with E-state index in [-0.39, 0.29) is 0 Å². The van der Waals surface area contributed by atoms with Crippen LogP contribution in [0.4, 0.5) is 0 Å². The summed E-state index contributed by atoms with van der Waals surface area (Å²) in [5.74, 6) is 0.296. The average molecular weight is 159 g/mol. The van der Waals surface area contributed by atoms with E-state index in [1.165, 1.54) is 0 Å². The van der Waals surface area contributed by atoms with Crippen molar-refractivity contribution in [2.45, 2.75) is 12.5 Å². The molecule has 3 nitrogen and oxygen atoms in total. The molecule has 0 aliphatic carbocycles. The molecular weight excluding hydrogens is 149 g/mol. The lowest BCUT2D eigenvalue weighted by atomic mass is 10.2. The maximum atomic E-state index is 10.5. The molecule has 0 aliphatic rings. The number of carbonyl (C=O) groups excluding carboxylic acids is 1. The van der Waals surface area contributed by atoms with Gasteiger partial charge in [-0.2, -0.15) is 11.8 Å². The molecule has 0 rings (SSSR count). The van der Waals surface area contributed by atoms with Gasteiger partial charge in [0.25, 0.3) is 0 Å². The maximum absolute atomic E-state index is 10.5. The number of rotatable bonds is 4. The second-order valence-corrected chi connectivity index (χ2v) is 2.81. The van der Waals surface area contributed by atoms with E-state index < -0.39 is 12.0 Å². The number of hydrogen-bond acceptors (Lipinski definition) is 4. The fourth-order valence-corrected chi connectivity index (χ4v) is 0.940. The van der Waals surface area contributed by atoms with Crippen LogP contribution in [0.3, 0.4) is 0 Å². The lowest BCUT2D eigenvalue weighted by Crippen LogP contribution is -2.32. The molecular formula is C5H10BNO2S. The summed E-state index contributed by atoms with van der Waals surface area (Å²) in [6.07, 6.45) is 2.55. The van der Waals surface area contributed by atoms with E-state index in [1.54, 1.807) is 11.8 Å². The van der Waals surface area contributed by atoms with Crippen LogP contribution in [0.15, 0.2) is 0 Å². The smallest absolute Gasteiger partial charge is 0.378 e. The van der Waals surface area contributed by atoms with Crippen LogP contribution in [-0.4, -0.2) is 32.1 Å². The standard InChI is InChI=1S/C5H10BNO2S/c1-10-3-2-4(7)5(8)9-6/h4H,2-3,7H2,1H3/t4-/m0/s1. The quantitative estimate of drug-likeness (QED) is 0.572. The molecule has 0 saturated heterocycles. The number of hydrogen-bond donors (Lipinski definition) is 1. The SMILES string of the molecule is [B]OC(=O)[C@@H](N)CCSC. The van der Waals surface area contributed by atoms with Crippen molar-refractivity contribution in [1.29, 1.82) is 0 Å². The highest BCUT2D eigenvalue weighted by Gasteiger charge is 2.11. The van der Waals surface area contributed by atoms with Crippen LogP contribution < -0.4 is 5.73 Å². The van der Waals surface area contributed by atoms with Crippen LogP contribution in [0.1, 0.15) is 6.42 Å². The van der Waals surface area contributed by atoms with E-state index in [1.807, 2.05) is 6.26 Å². The lowest BCUT2D eigenvalue weighted by Gasteiger charge is -2.07. The van der Waals surface area contributed by atoms with E-state index >= 15 is 0 Å². The lowest BCUT2D eigenvalue weighted by molar-refractivity contribution is -0.135. The van der Waals surface area contributed by atoms with Crippen molar-refractivity contribution in [2.75, 3.05) is 12.0 Å². The van der Waals surface area contributed by atoms with Crippen LogP contribution in [0.5, 0.6) is 0 Å². The van der Waals surface area contributed by atoms with Gasteiger partial charge in [-0.15, -0.1) is 0 Å². The fraction of sp³-hybridized carbons (Fsp3) is 0.800. The summed E-state index contributed by atoms with van der Waals surface area (Å²) < 4.78 is 3.94. The molecule has 0 aliphatic heterocycles. The third kappa shape index (κ3) is 3.79. The third-order valence-electron chi connectivity index (χ3n) is 1.05. The van der Waals surface area contributed by atoms with Gasteiger partial charge in [0, 0.05) is 0 Å². The Morgan fingerprint density at radius 3 is 2.90 bits per heavy atom. The van der Waals surface area contributed by atoms with Crippen LogP contribution in [0, 0.1) is 0 Å². The van der Waals surface area contributed by atoms with Gasteiger partial charge in [-0.1, -0.05) is 0 Å². The van der Waals surface area contributed by atoms with Crippen molar-refractivity contribution in [3.8, 4) is 0 Å². The molecule has 0 heterocycles. The van der Waals surface area contributed by atoms with Crippen molar-refractivity contribution >= 4 is 25.8 Å². The topological polar surface area (TPSA) is 52.3 Å². The Kier molecular flexibility index (Phi) is 5.53. The van der Waals surface area contributed by atoms with Crippen molar-refractivity contribution in [3.63, 3.8) is 0 Å². The first kappa shape index (κ1) is 9.84. The van der Waals surface area contributed by atoms with Gasteiger partial charge in [0.15, 0.2) is 0 Å². The van der Waals surface area contributed by atoms with E-state index in [2.05, 4.69) is 12.7 Å². The minimum absolute atomic E-state index is 0.547. The van der Waals surface area contributed by atoms with Gasteiger partial charge < -0.3 is 10.4 Å². The maximum Gasteiger partial charge on any atom is 0.378 e. The van der Waals surface area contributed by atoms with Gasteiger partial charge in [0.1, 0.15) is 6.04 Å². The number of carbonyl (C=O) groups is 1. The molecule has 56 valence electrons. The Morgan fingerprint density at radius 1 is 1.90 bits per heavy atom. The first-order chi connectivity index (χ1) is 4.72. The monoisotopic (exact) mass is 159 g/mol. The van der Waals surface area contributed by atoms with Crippen LogP contribution in [0.25, 0.3) is 0 Å². The van der Waals surface area contributed by atoms with Gasteiger partial charge in [-0.05, 0) is 18.4 Å². The van der Waals surface area contributed by atoms with Crippen LogP contribution >= 0.6 is 11.8 Å². The molecule has 0 bridgehead atoms. The van der Waals surface area contributed by atoms with Gasteiger partial charge in [-0.25, -0.2) is 0 Å². The minimum atomic E-state index is -0.572. The first-order valence-corrected chi connectivity index (χ1v) is 4.26. The molecule has 10 heavy (non-hydrogen) atoms. The van der Waals surface area contributed by atoms with Gasteiger partial charge in [-0.3, -0.25) is 4.79 Å². The summed E-state index contributed by atoms with van der Waals surface area (Å²) in [4.78, 5) is 10.5. The predicted molar refractivity (Wildman–Crippen MR) is 42.8 cm³/mol. The van der Waals surface area contributed by atoms with Gasteiger partial charge in [0.2, 0.25) is 0 Å². The highest BCUT2D eigenvalue weighted by molar-refractivity contribution is 7.98. The second kappa shape index (κ2) is 5.62. The summed E-state index contributed by atoms with van der Waals surface area (Å²) >= 11 is 1.63. The largest absolute Gasteiger partial charge is 0.542 e. The summed E-state index contributed by atoms with van der Waals surface area (Å²) in [6.45, 7) is 0. The number of nitrogens with two attached hydrogens (primary N) is 1. The van der Waals surface area contributed by atoms with E-state index in [9.17, 15) is 4.79 Å². The molecule has 0 fully saturated rings. The van der Waals surface area contributed by atoms with Crippen molar-refractivity contribution in [1.82, 2.24) is 0 Å². The van der Waals surface area contributed by atoms with Gasteiger partial charge >= 0.3 is 14.0 Å². The summed E-state index contributed by atoms with van der Waals surface area (Å²) in [5, 5.41) is 0. The minimum Gasteiger partial charge on any atom is -0.542 e. The Bertz CT molecular complexity index is 112. The molecule has 2 N–H and O–H groups in total. The molecule has 1 atom stereocenters. The molecule has 5 heteroatoms. The molecule has 0 unspecified atom stereocenters. The number of thioether (sulfide) groups is 1. The third-order valence-corrected chi connectivity index (χ3v) is 1.70. The molecule has 2 radical (unpaired) electrons. The molecule has 0 spiro atoms. The Morgan fingerprint density at radius 2 is 2.50 bits per heavy atom. The zero-order valence-corrected chi connectivity index (χ0v) is 6.69. The zero-order valence-electron chi connectivity index (χ0n) is 5.87. The second-order valence-electron chi connectivity index (χ2n) is 1.82. The van der Waals surface area contributed by atoms with E-state index in [0.29, 0.717) is 6.42 Å². The molecule has 0 amide bonds. The average Bonchev–Trinajstić information content (AvgIpc) is 1.98. The van der Waals surface area contributed by atoms with E-state index in [0.717, 1.165) is 5.75 Å². The zero-order chi connectivity index (χ0) is 7.98. The summed E-state index contributed by atoms with van der Waals surface area (Å²) in [7, 11) is 4.61. The Labute approximate surface area is 66.1 Å². The molecule has 0 aromatic rings. The summed E-state index contributed by atoms with van der Waals surface area (Å²) in [6, 6.07) is -0.572. The normalized spacial score (nSPS) is 12.6. The Balaban J connectivity index is 3.41. The van der Waals surface area contributed by atoms with Crippen molar-refractivity contribution < 1.29 is 9.45 Å². The van der Waals surface area contributed by atoms with E-state index in [4.69, 9.17) is 5.73 Å². The van der Waals surface area contributed by atoms with Crippen molar-refractivity contribution in [2.24, 2.45) is 5.73 Å². The predicted octanol–water partition coefficient (Wildman–Crippen LogP) is -0.307. The Hall–Kier alpha value is -0.155. The molecule has 0 saturated carbocycles. The highest BCUT2D eigenvalue weighted by atomic mass is 32.2. The first-order valence-electron chi connectivity index (χ1n) is 2.87. The highest BCUT2D eigenvalue weighted by Crippen LogP contribution is 1.99. The van der Waals surface area contributed by atoms with Gasteiger partial charge in [0.05, 0.1) is 0 Å². The van der Waals surface area contributed by atoms with Crippen molar-refractivity contribution in [3.05, 3.63) is 0 Å². The summed E-state index contributed by atoms with van der Waals surface area (Å²) in [5.41, 5.74) is 5.35. The fourth-order valence-electron chi connectivity index (χ4n) is 0.450. The van der Waals surface area contributed by atoms with Crippen LogP contribution in [0.2, 0.25) is 0 Å². The molecule has 0 aromatic heterocycles.